The molecule has 0 bridgehead atoms. The first-order chi connectivity index (χ1) is 11.7. The minimum absolute atomic E-state index is 0.385. The summed E-state index contributed by atoms with van der Waals surface area (Å²) in [6.07, 6.45) is 0. The van der Waals surface area contributed by atoms with Crippen molar-refractivity contribution in [3.63, 3.8) is 0 Å². The summed E-state index contributed by atoms with van der Waals surface area (Å²) in [5.41, 5.74) is 3.75. The van der Waals surface area contributed by atoms with E-state index in [-0.39, 0.29) is 5.97 Å². The predicted octanol–water partition coefficient (Wildman–Crippen LogP) is 4.21. The number of rotatable bonds is 4. The topological polar surface area (TPSA) is 48.4 Å². The molecule has 0 fully saturated rings. The third-order valence-corrected chi connectivity index (χ3v) is 3.70. The molecular weight excluding hydrogens is 302 g/mol. The van der Waals surface area contributed by atoms with Crippen LogP contribution < -0.4 is 4.74 Å². The van der Waals surface area contributed by atoms with Crippen LogP contribution in [0.3, 0.4) is 0 Å². The Bertz CT molecular complexity index is 843. The summed E-state index contributed by atoms with van der Waals surface area (Å²) in [5.74, 6) is 0.385. The van der Waals surface area contributed by atoms with Crippen molar-refractivity contribution >= 4 is 5.97 Å². The number of pyridine rings is 1. The zero-order valence-corrected chi connectivity index (χ0v) is 13.5. The zero-order valence-electron chi connectivity index (χ0n) is 13.5. The lowest BCUT2D eigenvalue weighted by Crippen LogP contribution is -2.03. The average molecular weight is 319 g/mol. The first-order valence-electron chi connectivity index (χ1n) is 7.51. The van der Waals surface area contributed by atoms with Gasteiger partial charge in [-0.25, -0.2) is 9.78 Å². The van der Waals surface area contributed by atoms with Gasteiger partial charge >= 0.3 is 5.97 Å². The Kier molecular flexibility index (Phi) is 4.57. The highest BCUT2D eigenvalue weighted by molar-refractivity contribution is 5.92. The number of aromatic nitrogens is 1. The van der Waals surface area contributed by atoms with E-state index in [1.54, 1.807) is 19.2 Å². The fraction of sp³-hybridized carbons (Fsp3) is 0.100. The van der Waals surface area contributed by atoms with Crippen LogP contribution in [0.1, 0.15) is 10.4 Å². The van der Waals surface area contributed by atoms with Gasteiger partial charge in [0.15, 0.2) is 0 Å². The van der Waals surface area contributed by atoms with Crippen LogP contribution in [0.25, 0.3) is 22.5 Å². The minimum Gasteiger partial charge on any atom is -0.497 e. The van der Waals surface area contributed by atoms with E-state index in [2.05, 4.69) is 0 Å². The van der Waals surface area contributed by atoms with E-state index in [9.17, 15) is 4.79 Å². The Hall–Kier alpha value is -3.14. The van der Waals surface area contributed by atoms with Crippen LogP contribution in [0.4, 0.5) is 0 Å². The second kappa shape index (κ2) is 6.96. The molecule has 24 heavy (non-hydrogen) atoms. The monoisotopic (exact) mass is 319 g/mol. The number of esters is 1. The van der Waals surface area contributed by atoms with E-state index in [0.29, 0.717) is 11.3 Å². The van der Waals surface area contributed by atoms with Crippen molar-refractivity contribution in [2.24, 2.45) is 0 Å². The Labute approximate surface area is 140 Å². The van der Waals surface area contributed by atoms with Crippen LogP contribution in [0.5, 0.6) is 5.75 Å². The minimum atomic E-state index is -0.385. The van der Waals surface area contributed by atoms with Crippen LogP contribution >= 0.6 is 0 Å². The normalized spacial score (nSPS) is 10.2. The van der Waals surface area contributed by atoms with Crippen LogP contribution in [0, 0.1) is 0 Å². The summed E-state index contributed by atoms with van der Waals surface area (Å²) >= 11 is 0. The number of methoxy groups -OCH3 is 2. The number of benzene rings is 2. The maximum atomic E-state index is 12.0. The van der Waals surface area contributed by atoms with Gasteiger partial charge in [0.1, 0.15) is 5.75 Å². The number of nitrogens with zero attached hydrogens (tertiary/aromatic N) is 1. The third kappa shape index (κ3) is 3.27. The molecule has 1 heterocycles. The molecule has 0 spiro atoms. The smallest absolute Gasteiger partial charge is 0.338 e. The average Bonchev–Trinajstić information content (AvgIpc) is 2.67. The molecule has 0 aliphatic carbocycles. The molecule has 0 aliphatic heterocycles. The van der Waals surface area contributed by atoms with Gasteiger partial charge in [0.05, 0.1) is 31.2 Å². The van der Waals surface area contributed by atoms with Gasteiger partial charge < -0.3 is 9.47 Å². The lowest BCUT2D eigenvalue weighted by atomic mass is 10.0. The van der Waals surface area contributed by atoms with Crippen molar-refractivity contribution in [2.45, 2.75) is 0 Å². The molecule has 0 amide bonds. The molecule has 0 saturated heterocycles. The zero-order chi connectivity index (χ0) is 16.9. The van der Waals surface area contributed by atoms with Gasteiger partial charge in [-0.15, -0.1) is 0 Å². The molecule has 0 aliphatic rings. The van der Waals surface area contributed by atoms with Crippen LogP contribution in [-0.4, -0.2) is 25.2 Å². The largest absolute Gasteiger partial charge is 0.497 e. The van der Waals surface area contributed by atoms with E-state index < -0.39 is 0 Å². The molecular formula is C20H17NO3. The highest BCUT2D eigenvalue weighted by Gasteiger charge is 2.12. The van der Waals surface area contributed by atoms with Gasteiger partial charge in [-0.1, -0.05) is 30.3 Å². The van der Waals surface area contributed by atoms with Crippen molar-refractivity contribution in [3.05, 3.63) is 72.3 Å². The third-order valence-electron chi connectivity index (χ3n) is 3.70. The van der Waals surface area contributed by atoms with Crippen LogP contribution in [0.15, 0.2) is 66.7 Å². The fourth-order valence-corrected chi connectivity index (χ4v) is 2.43. The first-order valence-corrected chi connectivity index (χ1v) is 7.51. The molecule has 0 N–H and O–H groups in total. The second-order valence-electron chi connectivity index (χ2n) is 5.21. The van der Waals surface area contributed by atoms with Gasteiger partial charge in [-0.05, 0) is 36.4 Å². The van der Waals surface area contributed by atoms with Gasteiger partial charge in [0.2, 0.25) is 0 Å². The summed E-state index contributed by atoms with van der Waals surface area (Å²) < 4.78 is 10.1. The Morgan fingerprint density at radius 2 is 1.42 bits per heavy atom. The molecule has 3 rings (SSSR count). The van der Waals surface area contributed by atoms with Crippen LogP contribution in [-0.2, 0) is 4.74 Å². The molecule has 0 radical (unpaired) electrons. The maximum Gasteiger partial charge on any atom is 0.338 e. The van der Waals surface area contributed by atoms with E-state index in [1.165, 1.54) is 7.11 Å². The maximum absolute atomic E-state index is 12.0. The number of carbonyl (C=O) groups is 1. The van der Waals surface area contributed by atoms with Gasteiger partial charge in [0.25, 0.3) is 0 Å². The summed E-state index contributed by atoms with van der Waals surface area (Å²) in [4.78, 5) is 16.7. The van der Waals surface area contributed by atoms with Crippen LogP contribution in [0.2, 0.25) is 0 Å². The summed E-state index contributed by atoms with van der Waals surface area (Å²) in [7, 11) is 3.00. The summed E-state index contributed by atoms with van der Waals surface area (Å²) in [5, 5.41) is 0. The molecule has 4 nitrogen and oxygen atoms in total. The van der Waals surface area contributed by atoms with E-state index in [4.69, 9.17) is 14.5 Å². The molecule has 1 aromatic heterocycles. The van der Waals surface area contributed by atoms with Crippen molar-refractivity contribution in [1.82, 2.24) is 4.98 Å². The Morgan fingerprint density at radius 1 is 0.833 bits per heavy atom. The van der Waals surface area contributed by atoms with Gasteiger partial charge in [-0.2, -0.15) is 0 Å². The van der Waals surface area contributed by atoms with E-state index in [0.717, 1.165) is 22.6 Å². The Balaban J connectivity index is 2.12. The molecule has 0 atom stereocenters. The Morgan fingerprint density at radius 3 is 1.96 bits per heavy atom. The SMILES string of the molecule is COC(=O)c1cc(-c2ccccc2)nc(-c2ccc(OC)cc2)c1. The molecule has 0 unspecified atom stereocenters. The van der Waals surface area contributed by atoms with Crippen molar-refractivity contribution in [2.75, 3.05) is 14.2 Å². The van der Waals surface area contributed by atoms with Crippen molar-refractivity contribution < 1.29 is 14.3 Å². The van der Waals surface area contributed by atoms with Crippen molar-refractivity contribution in [1.29, 1.82) is 0 Å². The molecule has 120 valence electrons. The highest BCUT2D eigenvalue weighted by Crippen LogP contribution is 2.26. The van der Waals surface area contributed by atoms with Gasteiger partial charge in [0, 0.05) is 11.1 Å². The molecule has 0 saturated carbocycles. The molecule has 4 heteroatoms. The quantitative estimate of drug-likeness (QED) is 0.676. The van der Waals surface area contributed by atoms with E-state index >= 15 is 0 Å². The van der Waals surface area contributed by atoms with E-state index in [1.807, 2.05) is 54.6 Å². The summed E-state index contributed by atoms with van der Waals surface area (Å²) in [6, 6.07) is 20.8. The van der Waals surface area contributed by atoms with Gasteiger partial charge in [-0.3, -0.25) is 0 Å². The number of ether oxygens (including phenoxy) is 2. The first kappa shape index (κ1) is 15.7. The molecule has 2 aromatic carbocycles. The summed E-state index contributed by atoms with van der Waals surface area (Å²) in [6.45, 7) is 0. The van der Waals surface area contributed by atoms with Crippen molar-refractivity contribution in [3.8, 4) is 28.3 Å². The lowest BCUT2D eigenvalue weighted by Gasteiger charge is -2.09. The fourth-order valence-electron chi connectivity index (χ4n) is 2.43. The molecule has 3 aromatic rings. The standard InChI is InChI=1S/C20H17NO3/c1-23-17-10-8-15(9-11-17)19-13-16(20(22)24-2)12-18(21-19)14-6-4-3-5-7-14/h3-13H,1-2H3. The second-order valence-corrected chi connectivity index (χ2v) is 5.21. The number of hydrogen-bond acceptors (Lipinski definition) is 4. The highest BCUT2D eigenvalue weighted by atomic mass is 16.5. The predicted molar refractivity (Wildman–Crippen MR) is 93.0 cm³/mol. The number of hydrogen-bond donors (Lipinski definition) is 0. The lowest BCUT2D eigenvalue weighted by molar-refractivity contribution is 0.0600. The number of carbonyl (C=O) groups excluding carboxylic acids is 1.